The first-order valence-electron chi connectivity index (χ1n) is 3.72. The Morgan fingerprint density at radius 3 is 2.20 bits per heavy atom. The number of nitrogens with one attached hydrogen (secondary N) is 1. The van der Waals surface area contributed by atoms with Crippen molar-refractivity contribution in [3.63, 3.8) is 0 Å². The number of hydrogen-bond donors (Lipinski definition) is 3. The molecular weight excluding hydrogens is 206 g/mol. The fraction of sp³-hybridized carbons (Fsp3) is 0.125. The minimum absolute atomic E-state index is 0.266. The van der Waals surface area contributed by atoms with E-state index in [0.29, 0.717) is 0 Å². The first kappa shape index (κ1) is 12.8. The van der Waals surface area contributed by atoms with Crippen LogP contribution in [0.5, 0.6) is 5.75 Å². The topological polar surface area (TPSA) is 132 Å². The number of aromatic nitrogens is 1. The zero-order chi connectivity index (χ0) is 11.8. The molecule has 0 saturated carbocycles. The van der Waals surface area contributed by atoms with Gasteiger partial charge in [0.05, 0.1) is 5.97 Å². The molecule has 82 valence electrons. The number of carboxylic acids is 2. The summed E-state index contributed by atoms with van der Waals surface area (Å²) < 4.78 is 0. The van der Waals surface area contributed by atoms with Gasteiger partial charge < -0.3 is 25.2 Å². The molecule has 1 heterocycles. The minimum atomic E-state index is -2.41. The fourth-order valence-corrected chi connectivity index (χ4v) is 0.485. The van der Waals surface area contributed by atoms with Gasteiger partial charge in [-0.3, -0.25) is 0 Å². The SMILES string of the molecule is O=C([O-])[C@@H](O)C(=O)O.Oc1ccc[nH+]c1. The van der Waals surface area contributed by atoms with E-state index < -0.39 is 18.0 Å². The van der Waals surface area contributed by atoms with E-state index in [1.807, 2.05) is 0 Å². The summed E-state index contributed by atoms with van der Waals surface area (Å²) in [4.78, 5) is 21.6. The molecule has 1 aromatic heterocycles. The number of H-pyrrole nitrogens is 1. The van der Waals surface area contributed by atoms with Crippen molar-refractivity contribution >= 4 is 11.9 Å². The van der Waals surface area contributed by atoms with E-state index in [4.69, 9.17) is 15.3 Å². The van der Waals surface area contributed by atoms with Crippen LogP contribution in [0.4, 0.5) is 0 Å². The van der Waals surface area contributed by atoms with Crippen molar-refractivity contribution in [2.45, 2.75) is 6.10 Å². The summed E-state index contributed by atoms with van der Waals surface area (Å²) in [5.74, 6) is -3.55. The minimum Gasteiger partial charge on any atom is -0.547 e. The predicted octanol–water partition coefficient (Wildman–Crippen LogP) is -2.61. The maximum Gasteiger partial charge on any atom is 0.338 e. The first-order chi connectivity index (χ1) is 6.95. The third-order valence-corrected chi connectivity index (χ3v) is 1.15. The largest absolute Gasteiger partial charge is 0.547 e. The van der Waals surface area contributed by atoms with Crippen LogP contribution in [-0.4, -0.2) is 33.4 Å². The Hall–Kier alpha value is -2.15. The highest BCUT2D eigenvalue weighted by Crippen LogP contribution is 1.97. The molecule has 7 nitrogen and oxygen atoms in total. The zero-order valence-electron chi connectivity index (χ0n) is 7.45. The van der Waals surface area contributed by atoms with Gasteiger partial charge in [-0.1, -0.05) is 0 Å². The number of aliphatic carboxylic acids is 2. The zero-order valence-corrected chi connectivity index (χ0v) is 7.45. The molecule has 7 heteroatoms. The Bertz CT molecular complexity index is 311. The third-order valence-electron chi connectivity index (χ3n) is 1.15. The molecule has 4 N–H and O–H groups in total. The van der Waals surface area contributed by atoms with Crippen molar-refractivity contribution in [3.05, 3.63) is 24.5 Å². The van der Waals surface area contributed by atoms with Crippen LogP contribution in [0, 0.1) is 0 Å². The molecule has 0 bridgehead atoms. The van der Waals surface area contributed by atoms with E-state index in [-0.39, 0.29) is 5.75 Å². The van der Waals surface area contributed by atoms with Gasteiger partial charge in [-0.2, -0.15) is 0 Å². The van der Waals surface area contributed by atoms with Crippen molar-refractivity contribution < 1.29 is 35.0 Å². The first-order valence-corrected chi connectivity index (χ1v) is 3.72. The lowest BCUT2D eigenvalue weighted by Gasteiger charge is -2.02. The maximum absolute atomic E-state index is 9.47. The summed E-state index contributed by atoms with van der Waals surface area (Å²) in [6.45, 7) is 0. The highest BCUT2D eigenvalue weighted by molar-refractivity contribution is 5.94. The average Bonchev–Trinajstić information content (AvgIpc) is 2.18. The lowest BCUT2D eigenvalue weighted by atomic mass is 10.4. The Kier molecular flexibility index (Phi) is 5.42. The van der Waals surface area contributed by atoms with Crippen LogP contribution in [-0.2, 0) is 9.59 Å². The number of aromatic hydroxyl groups is 1. The number of carbonyl (C=O) groups is 2. The maximum atomic E-state index is 9.47. The van der Waals surface area contributed by atoms with Gasteiger partial charge in [-0.25, -0.2) is 9.78 Å². The van der Waals surface area contributed by atoms with Crippen LogP contribution in [0.3, 0.4) is 0 Å². The number of hydrogen-bond acceptors (Lipinski definition) is 5. The molecule has 0 aliphatic carbocycles. The molecule has 0 saturated heterocycles. The lowest BCUT2D eigenvalue weighted by molar-refractivity contribution is -0.379. The van der Waals surface area contributed by atoms with Gasteiger partial charge in [0.2, 0.25) is 6.20 Å². The number of pyridine rings is 1. The van der Waals surface area contributed by atoms with Gasteiger partial charge in [-0.05, 0) is 6.07 Å². The van der Waals surface area contributed by atoms with Gasteiger partial charge in [0.1, 0.15) is 0 Å². The normalized spacial score (nSPS) is 10.7. The smallest absolute Gasteiger partial charge is 0.338 e. The van der Waals surface area contributed by atoms with Crippen molar-refractivity contribution in [2.75, 3.05) is 0 Å². The molecule has 0 aliphatic rings. The standard InChI is InChI=1S/C5H5NO.C3H4O5/c7-5-2-1-3-6-4-5;4-1(2(5)6)3(7)8/h1-4,7H;1,4H,(H,5,6)(H,7,8). The van der Waals surface area contributed by atoms with Crippen molar-refractivity contribution in [1.82, 2.24) is 0 Å². The molecule has 1 aromatic rings. The second-order valence-corrected chi connectivity index (χ2v) is 2.32. The van der Waals surface area contributed by atoms with Crippen molar-refractivity contribution in [2.24, 2.45) is 0 Å². The summed E-state index contributed by atoms with van der Waals surface area (Å²) in [6.07, 6.45) is 0.842. The number of rotatable bonds is 2. The number of aliphatic hydroxyl groups is 1. The highest BCUT2D eigenvalue weighted by Gasteiger charge is 2.12. The number of carboxylic acid groups (broad SMARTS) is 2. The molecule has 1 atom stereocenters. The van der Waals surface area contributed by atoms with Crippen LogP contribution in [0.15, 0.2) is 24.5 Å². The van der Waals surface area contributed by atoms with Gasteiger partial charge in [0, 0.05) is 6.07 Å². The van der Waals surface area contributed by atoms with Gasteiger partial charge in [0.15, 0.2) is 18.1 Å². The summed E-state index contributed by atoms with van der Waals surface area (Å²) in [5.41, 5.74) is 0. The number of aromatic amines is 1. The predicted molar refractivity (Wildman–Crippen MR) is 43.3 cm³/mol. The second-order valence-electron chi connectivity index (χ2n) is 2.32. The van der Waals surface area contributed by atoms with E-state index in [9.17, 15) is 14.7 Å². The quantitative estimate of drug-likeness (QED) is 0.463. The molecule has 0 unspecified atom stereocenters. The molecule has 0 amide bonds. The van der Waals surface area contributed by atoms with Crippen LogP contribution < -0.4 is 10.1 Å². The molecule has 15 heavy (non-hydrogen) atoms. The molecule has 0 aliphatic heterocycles. The summed E-state index contributed by atoms with van der Waals surface area (Å²) in [6, 6.07) is 3.34. The van der Waals surface area contributed by atoms with E-state index >= 15 is 0 Å². The molecular formula is C8H9NO6. The van der Waals surface area contributed by atoms with Gasteiger partial charge in [-0.15, -0.1) is 0 Å². The van der Waals surface area contributed by atoms with Gasteiger partial charge >= 0.3 is 5.97 Å². The third kappa shape index (κ3) is 5.99. The van der Waals surface area contributed by atoms with Crippen LogP contribution in [0.2, 0.25) is 0 Å². The van der Waals surface area contributed by atoms with Crippen molar-refractivity contribution in [1.29, 1.82) is 0 Å². The van der Waals surface area contributed by atoms with Crippen LogP contribution >= 0.6 is 0 Å². The van der Waals surface area contributed by atoms with Crippen LogP contribution in [0.1, 0.15) is 0 Å². The van der Waals surface area contributed by atoms with Gasteiger partial charge in [0.25, 0.3) is 0 Å². The number of carbonyl (C=O) groups excluding carboxylic acids is 1. The lowest BCUT2D eigenvalue weighted by Crippen LogP contribution is -2.40. The molecule has 1 rings (SSSR count). The highest BCUT2D eigenvalue weighted by atomic mass is 16.4. The summed E-state index contributed by atoms with van der Waals surface area (Å²) in [7, 11) is 0. The van der Waals surface area contributed by atoms with E-state index in [1.165, 1.54) is 6.20 Å². The Morgan fingerprint density at radius 2 is 2.07 bits per heavy atom. The Balaban J connectivity index is 0.000000262. The van der Waals surface area contributed by atoms with E-state index in [0.717, 1.165) is 0 Å². The molecule has 0 radical (unpaired) electrons. The Labute approximate surface area is 84.3 Å². The molecule has 0 spiro atoms. The van der Waals surface area contributed by atoms with E-state index in [1.54, 1.807) is 18.3 Å². The molecule has 0 aromatic carbocycles. The Morgan fingerprint density at radius 1 is 1.47 bits per heavy atom. The monoisotopic (exact) mass is 215 g/mol. The van der Waals surface area contributed by atoms with Crippen molar-refractivity contribution in [3.8, 4) is 5.75 Å². The fourth-order valence-electron chi connectivity index (χ4n) is 0.485. The van der Waals surface area contributed by atoms with E-state index in [2.05, 4.69) is 4.98 Å². The second kappa shape index (κ2) is 6.33. The summed E-state index contributed by atoms with van der Waals surface area (Å²) in [5, 5.41) is 33.6. The summed E-state index contributed by atoms with van der Waals surface area (Å²) >= 11 is 0. The average molecular weight is 215 g/mol. The van der Waals surface area contributed by atoms with Crippen LogP contribution in [0.25, 0.3) is 0 Å². The number of aliphatic hydroxyl groups excluding tert-OH is 1. The molecule has 0 fully saturated rings.